The van der Waals surface area contributed by atoms with E-state index in [4.69, 9.17) is 0 Å². The van der Waals surface area contributed by atoms with E-state index in [0.29, 0.717) is 5.56 Å². The lowest BCUT2D eigenvalue weighted by molar-refractivity contribution is -0.117. The number of halogens is 2. The van der Waals surface area contributed by atoms with Gasteiger partial charge in [-0.2, -0.15) is 0 Å². The molecule has 0 radical (unpaired) electrons. The van der Waals surface area contributed by atoms with Gasteiger partial charge in [-0.25, -0.2) is 4.39 Å². The second kappa shape index (κ2) is 9.08. The van der Waals surface area contributed by atoms with Gasteiger partial charge in [-0.05, 0) is 29.7 Å². The number of hydrogen-bond donors (Lipinski definition) is 2. The Balaban J connectivity index is 1.72. The zero-order valence-corrected chi connectivity index (χ0v) is 16.2. The number of carbonyl (C=O) groups excluding carboxylic acids is 1. The highest BCUT2D eigenvalue weighted by atomic mass is 79.9. The highest BCUT2D eigenvalue weighted by Crippen LogP contribution is 2.23. The normalized spacial score (nSPS) is 11.1. The average Bonchev–Trinajstić information content (AvgIpc) is 2.65. The molecule has 6 heteroatoms. The molecule has 3 aromatic rings. The predicted molar refractivity (Wildman–Crippen MR) is 109 cm³/mol. The summed E-state index contributed by atoms with van der Waals surface area (Å²) < 4.78 is 14.8. The van der Waals surface area contributed by atoms with E-state index in [9.17, 15) is 14.3 Å². The van der Waals surface area contributed by atoms with Crippen LogP contribution in [0.2, 0.25) is 0 Å². The maximum atomic E-state index is 14.0. The largest absolute Gasteiger partial charge is 0.395 e. The van der Waals surface area contributed by atoms with Gasteiger partial charge in [0, 0.05) is 34.2 Å². The van der Waals surface area contributed by atoms with Gasteiger partial charge < -0.3 is 10.4 Å². The van der Waals surface area contributed by atoms with E-state index in [1.54, 1.807) is 17.0 Å². The van der Waals surface area contributed by atoms with Crippen LogP contribution in [0.15, 0.2) is 65.1 Å². The highest BCUT2D eigenvalue weighted by molar-refractivity contribution is 9.10. The molecule has 0 aliphatic heterocycles. The predicted octanol–water partition coefficient (Wildman–Crippen LogP) is 4.17. The van der Waals surface area contributed by atoms with Crippen LogP contribution in [0.4, 0.5) is 10.1 Å². The minimum Gasteiger partial charge on any atom is -0.395 e. The second-order valence-electron chi connectivity index (χ2n) is 6.24. The van der Waals surface area contributed by atoms with Crippen LogP contribution in [0.5, 0.6) is 0 Å². The zero-order valence-electron chi connectivity index (χ0n) is 14.7. The number of carbonyl (C=O) groups is 1. The standard InChI is InChI=1S/C21H20BrFN2O2/c22-17-8-9-19(23)16(12-17)13-25(10-11-26)14-21(27)24-20-7-3-5-15-4-1-2-6-18(15)20/h1-9,12,26H,10-11,13-14H2,(H,24,27). The third-order valence-electron chi connectivity index (χ3n) is 4.25. The highest BCUT2D eigenvalue weighted by Gasteiger charge is 2.14. The summed E-state index contributed by atoms with van der Waals surface area (Å²) in [6.45, 7) is 0.441. The maximum Gasteiger partial charge on any atom is 0.238 e. The van der Waals surface area contributed by atoms with Gasteiger partial charge in [0.2, 0.25) is 5.91 Å². The monoisotopic (exact) mass is 430 g/mol. The number of anilines is 1. The molecule has 3 rings (SSSR count). The third kappa shape index (κ3) is 5.13. The summed E-state index contributed by atoms with van der Waals surface area (Å²) in [6, 6.07) is 18.2. The molecule has 0 atom stereocenters. The number of amides is 1. The molecule has 140 valence electrons. The zero-order chi connectivity index (χ0) is 19.2. The Bertz CT molecular complexity index is 943. The van der Waals surface area contributed by atoms with Gasteiger partial charge >= 0.3 is 0 Å². The van der Waals surface area contributed by atoms with Crippen LogP contribution in [-0.2, 0) is 11.3 Å². The van der Waals surface area contributed by atoms with Gasteiger partial charge in [0.25, 0.3) is 0 Å². The van der Waals surface area contributed by atoms with Crippen molar-refractivity contribution in [3.05, 3.63) is 76.5 Å². The molecule has 1 amide bonds. The van der Waals surface area contributed by atoms with Crippen LogP contribution >= 0.6 is 15.9 Å². The third-order valence-corrected chi connectivity index (χ3v) is 4.74. The molecule has 3 aromatic carbocycles. The number of aliphatic hydroxyl groups is 1. The second-order valence-corrected chi connectivity index (χ2v) is 7.16. The number of rotatable bonds is 7. The first-order valence-corrected chi connectivity index (χ1v) is 9.41. The Kier molecular flexibility index (Phi) is 6.55. The van der Waals surface area contributed by atoms with Crippen molar-refractivity contribution in [3.8, 4) is 0 Å². The molecular formula is C21H20BrFN2O2. The van der Waals surface area contributed by atoms with Crippen molar-refractivity contribution in [2.24, 2.45) is 0 Å². The summed E-state index contributed by atoms with van der Waals surface area (Å²) in [4.78, 5) is 14.3. The first-order chi connectivity index (χ1) is 13.1. The van der Waals surface area contributed by atoms with Gasteiger partial charge in [0.05, 0.1) is 13.2 Å². The molecule has 27 heavy (non-hydrogen) atoms. The lowest BCUT2D eigenvalue weighted by atomic mass is 10.1. The van der Waals surface area contributed by atoms with E-state index in [0.717, 1.165) is 20.9 Å². The molecule has 0 aromatic heterocycles. The van der Waals surface area contributed by atoms with Gasteiger partial charge in [-0.1, -0.05) is 52.3 Å². The molecule has 0 saturated heterocycles. The van der Waals surface area contributed by atoms with Crippen molar-refractivity contribution < 1.29 is 14.3 Å². The van der Waals surface area contributed by atoms with Crippen molar-refractivity contribution in [1.29, 1.82) is 0 Å². The molecule has 0 saturated carbocycles. The molecule has 0 aliphatic rings. The number of hydrogen-bond acceptors (Lipinski definition) is 3. The molecule has 0 fully saturated rings. The summed E-state index contributed by atoms with van der Waals surface area (Å²) >= 11 is 3.33. The molecule has 0 unspecified atom stereocenters. The summed E-state index contributed by atoms with van der Waals surface area (Å²) in [5, 5.41) is 14.2. The van der Waals surface area contributed by atoms with Crippen LogP contribution in [0.25, 0.3) is 10.8 Å². The molecule has 0 spiro atoms. The van der Waals surface area contributed by atoms with Crippen LogP contribution < -0.4 is 5.32 Å². The summed E-state index contributed by atoms with van der Waals surface area (Å²) in [5.74, 6) is -0.550. The quantitative estimate of drug-likeness (QED) is 0.591. The topological polar surface area (TPSA) is 52.6 Å². The van der Waals surface area contributed by atoms with E-state index >= 15 is 0 Å². The smallest absolute Gasteiger partial charge is 0.238 e. The van der Waals surface area contributed by atoms with Crippen LogP contribution in [0, 0.1) is 5.82 Å². The number of nitrogens with one attached hydrogen (secondary N) is 1. The first-order valence-electron chi connectivity index (χ1n) is 8.61. The SMILES string of the molecule is O=C(CN(CCO)Cc1cc(Br)ccc1F)Nc1cccc2ccccc12. The summed E-state index contributed by atoms with van der Waals surface area (Å²) in [7, 11) is 0. The van der Waals surface area contributed by atoms with E-state index < -0.39 is 0 Å². The van der Waals surface area contributed by atoms with E-state index in [2.05, 4.69) is 21.2 Å². The van der Waals surface area contributed by atoms with Crippen LogP contribution in [-0.4, -0.2) is 35.6 Å². The molecule has 0 heterocycles. The van der Waals surface area contributed by atoms with Crippen LogP contribution in [0.3, 0.4) is 0 Å². The average molecular weight is 431 g/mol. The van der Waals surface area contributed by atoms with Gasteiger partial charge in [-0.3, -0.25) is 9.69 Å². The van der Waals surface area contributed by atoms with Gasteiger partial charge in [0.1, 0.15) is 5.82 Å². The maximum absolute atomic E-state index is 14.0. The molecule has 2 N–H and O–H groups in total. The fourth-order valence-corrected chi connectivity index (χ4v) is 3.40. The van der Waals surface area contributed by atoms with Crippen molar-refractivity contribution in [3.63, 3.8) is 0 Å². The molecule has 0 aliphatic carbocycles. The number of aliphatic hydroxyl groups excluding tert-OH is 1. The van der Waals surface area contributed by atoms with Crippen molar-refractivity contribution in [2.45, 2.75) is 6.54 Å². The Hall–Kier alpha value is -2.28. The lowest BCUT2D eigenvalue weighted by Crippen LogP contribution is -2.35. The number of nitrogens with zero attached hydrogens (tertiary/aromatic N) is 1. The molecule has 4 nitrogen and oxygen atoms in total. The Morgan fingerprint density at radius 3 is 2.70 bits per heavy atom. The van der Waals surface area contributed by atoms with Gasteiger partial charge in [-0.15, -0.1) is 0 Å². The Labute approximate surface area is 165 Å². The fourth-order valence-electron chi connectivity index (χ4n) is 2.99. The lowest BCUT2D eigenvalue weighted by Gasteiger charge is -2.21. The number of benzene rings is 3. The van der Waals surface area contributed by atoms with Crippen molar-refractivity contribution in [1.82, 2.24) is 4.90 Å². The molecular weight excluding hydrogens is 411 g/mol. The van der Waals surface area contributed by atoms with Crippen molar-refractivity contribution in [2.75, 3.05) is 25.0 Å². The fraction of sp³-hybridized carbons (Fsp3) is 0.190. The Morgan fingerprint density at radius 1 is 1.11 bits per heavy atom. The van der Waals surface area contributed by atoms with E-state index in [1.807, 2.05) is 42.5 Å². The summed E-state index contributed by atoms with van der Waals surface area (Å²) in [6.07, 6.45) is 0. The minimum atomic E-state index is -0.337. The van der Waals surface area contributed by atoms with Crippen LogP contribution in [0.1, 0.15) is 5.56 Å². The van der Waals surface area contributed by atoms with Gasteiger partial charge in [0.15, 0.2) is 0 Å². The van der Waals surface area contributed by atoms with E-state index in [1.165, 1.54) is 6.07 Å². The minimum absolute atomic E-state index is 0.0513. The molecule has 0 bridgehead atoms. The first kappa shape index (κ1) is 19.5. The van der Waals surface area contributed by atoms with E-state index in [-0.39, 0.29) is 38.0 Å². The Morgan fingerprint density at radius 2 is 1.89 bits per heavy atom. The van der Waals surface area contributed by atoms with Crippen molar-refractivity contribution >= 4 is 38.3 Å². The number of fused-ring (bicyclic) bond motifs is 1. The summed E-state index contributed by atoms with van der Waals surface area (Å²) in [5.41, 5.74) is 1.20.